The van der Waals surface area contributed by atoms with Gasteiger partial charge in [0.05, 0.1) is 10.6 Å². The lowest BCUT2D eigenvalue weighted by Gasteiger charge is -2.10. The number of halogens is 2. The van der Waals surface area contributed by atoms with Crippen LogP contribution in [-0.2, 0) is 6.54 Å². The Kier molecular flexibility index (Phi) is 4.42. The minimum absolute atomic E-state index is 0.0117. The zero-order valence-electron chi connectivity index (χ0n) is 11.1. The van der Waals surface area contributed by atoms with E-state index in [4.69, 9.17) is 5.11 Å². The van der Waals surface area contributed by atoms with Crippen LogP contribution in [0.5, 0.6) is 5.75 Å². The number of nitrogens with one attached hydrogen (secondary N) is 1. The number of phenols is 1. The molecule has 0 heterocycles. The predicted octanol–water partition coefficient (Wildman–Crippen LogP) is 4.12. The Bertz CT molecular complexity index is 707. The fraction of sp³-hybridized carbons (Fsp3) is 0.143. The molecule has 0 aliphatic carbocycles. The standard InChI is InChI=1S/C14H12BrFN2O3/c1-8-4-10(15)12(6-13(8)18(20)21)17-7-9-2-3-14(19)11(16)5-9/h2-6,17,19H,7H2,1H3. The van der Waals surface area contributed by atoms with Gasteiger partial charge in [0.2, 0.25) is 0 Å². The molecule has 0 spiro atoms. The Morgan fingerprint density at radius 2 is 2.10 bits per heavy atom. The van der Waals surface area contributed by atoms with Gasteiger partial charge in [0.15, 0.2) is 11.6 Å². The quantitative estimate of drug-likeness (QED) is 0.639. The van der Waals surface area contributed by atoms with E-state index in [1.165, 1.54) is 18.2 Å². The van der Waals surface area contributed by atoms with Crippen molar-refractivity contribution in [1.29, 1.82) is 0 Å². The van der Waals surface area contributed by atoms with E-state index in [0.717, 1.165) is 0 Å². The lowest BCUT2D eigenvalue weighted by Crippen LogP contribution is -2.02. The second-order valence-corrected chi connectivity index (χ2v) is 5.37. The molecular formula is C14H12BrFN2O3. The van der Waals surface area contributed by atoms with Gasteiger partial charge in [0.25, 0.3) is 5.69 Å². The molecule has 0 saturated carbocycles. The van der Waals surface area contributed by atoms with E-state index in [0.29, 0.717) is 21.3 Å². The topological polar surface area (TPSA) is 75.4 Å². The summed E-state index contributed by atoms with van der Waals surface area (Å²) in [6, 6.07) is 7.12. The van der Waals surface area contributed by atoms with Crippen LogP contribution in [-0.4, -0.2) is 10.0 Å². The van der Waals surface area contributed by atoms with E-state index in [-0.39, 0.29) is 12.2 Å². The van der Waals surface area contributed by atoms with Crippen molar-refractivity contribution in [2.75, 3.05) is 5.32 Å². The fourth-order valence-electron chi connectivity index (χ4n) is 1.85. The predicted molar refractivity (Wildman–Crippen MR) is 80.9 cm³/mol. The van der Waals surface area contributed by atoms with E-state index < -0.39 is 16.5 Å². The smallest absolute Gasteiger partial charge is 0.274 e. The van der Waals surface area contributed by atoms with Crippen LogP contribution in [0.25, 0.3) is 0 Å². The molecule has 7 heteroatoms. The van der Waals surface area contributed by atoms with Crippen LogP contribution in [0.3, 0.4) is 0 Å². The van der Waals surface area contributed by atoms with Crippen LogP contribution in [0.15, 0.2) is 34.8 Å². The second kappa shape index (κ2) is 6.09. The number of aromatic hydroxyl groups is 1. The van der Waals surface area contributed by atoms with Gasteiger partial charge < -0.3 is 10.4 Å². The Morgan fingerprint density at radius 1 is 1.38 bits per heavy atom. The van der Waals surface area contributed by atoms with Crippen molar-refractivity contribution in [3.8, 4) is 5.75 Å². The fourth-order valence-corrected chi connectivity index (χ4v) is 2.45. The summed E-state index contributed by atoms with van der Waals surface area (Å²) in [5.74, 6) is -1.12. The highest BCUT2D eigenvalue weighted by Crippen LogP contribution is 2.31. The first-order valence-electron chi connectivity index (χ1n) is 6.04. The summed E-state index contributed by atoms with van der Waals surface area (Å²) >= 11 is 3.33. The molecule has 2 N–H and O–H groups in total. The molecule has 0 atom stereocenters. The van der Waals surface area contributed by atoms with Crippen LogP contribution < -0.4 is 5.32 Å². The van der Waals surface area contributed by atoms with E-state index in [9.17, 15) is 14.5 Å². The van der Waals surface area contributed by atoms with Crippen LogP contribution in [0, 0.1) is 22.9 Å². The van der Waals surface area contributed by atoms with Gasteiger partial charge in [-0.1, -0.05) is 6.07 Å². The van der Waals surface area contributed by atoms with E-state index in [1.807, 2.05) is 0 Å². The summed E-state index contributed by atoms with van der Waals surface area (Å²) in [6.07, 6.45) is 0. The molecule has 0 bridgehead atoms. The van der Waals surface area contributed by atoms with Gasteiger partial charge >= 0.3 is 0 Å². The average Bonchev–Trinajstić information content (AvgIpc) is 2.41. The molecule has 110 valence electrons. The maximum atomic E-state index is 13.2. The zero-order valence-corrected chi connectivity index (χ0v) is 12.6. The summed E-state index contributed by atoms with van der Waals surface area (Å²) in [5.41, 5.74) is 1.71. The first kappa shape index (κ1) is 15.2. The summed E-state index contributed by atoms with van der Waals surface area (Å²) in [7, 11) is 0. The van der Waals surface area contributed by atoms with Crippen molar-refractivity contribution in [1.82, 2.24) is 0 Å². The largest absolute Gasteiger partial charge is 0.505 e. The molecule has 0 aliphatic rings. The first-order valence-corrected chi connectivity index (χ1v) is 6.83. The molecule has 0 aromatic heterocycles. The van der Waals surface area contributed by atoms with Gasteiger partial charge in [-0.25, -0.2) is 4.39 Å². The highest BCUT2D eigenvalue weighted by molar-refractivity contribution is 9.10. The van der Waals surface area contributed by atoms with Crippen molar-refractivity contribution in [2.45, 2.75) is 13.5 Å². The van der Waals surface area contributed by atoms with Crippen LogP contribution >= 0.6 is 15.9 Å². The number of nitro groups is 1. The van der Waals surface area contributed by atoms with Gasteiger partial charge in [-0.15, -0.1) is 0 Å². The first-order chi connectivity index (χ1) is 9.88. The zero-order chi connectivity index (χ0) is 15.6. The Morgan fingerprint density at radius 3 is 2.71 bits per heavy atom. The summed E-state index contributed by atoms with van der Waals surface area (Å²) in [5, 5.41) is 23.0. The summed E-state index contributed by atoms with van der Waals surface area (Å²) < 4.78 is 13.9. The number of rotatable bonds is 4. The number of nitrogens with zero attached hydrogens (tertiary/aromatic N) is 1. The lowest BCUT2D eigenvalue weighted by molar-refractivity contribution is -0.385. The summed E-state index contributed by atoms with van der Waals surface area (Å²) in [6.45, 7) is 1.93. The second-order valence-electron chi connectivity index (χ2n) is 4.51. The molecule has 2 aromatic rings. The normalized spacial score (nSPS) is 10.4. The highest BCUT2D eigenvalue weighted by Gasteiger charge is 2.14. The maximum Gasteiger partial charge on any atom is 0.274 e. The number of phenolic OH excluding ortho intramolecular Hbond substituents is 1. The third kappa shape index (κ3) is 3.49. The molecule has 0 radical (unpaired) electrons. The minimum atomic E-state index is -0.705. The molecule has 0 saturated heterocycles. The number of hydrogen-bond acceptors (Lipinski definition) is 4. The Hall–Kier alpha value is -2.15. The number of benzene rings is 2. The minimum Gasteiger partial charge on any atom is -0.505 e. The molecule has 0 amide bonds. The number of hydrogen-bond donors (Lipinski definition) is 2. The summed E-state index contributed by atoms with van der Waals surface area (Å²) in [4.78, 5) is 10.5. The van der Waals surface area contributed by atoms with Crippen LogP contribution in [0.2, 0.25) is 0 Å². The van der Waals surface area contributed by atoms with Crippen molar-refractivity contribution >= 4 is 27.3 Å². The van der Waals surface area contributed by atoms with Crippen molar-refractivity contribution in [3.05, 3.63) is 61.9 Å². The van der Waals surface area contributed by atoms with Gasteiger partial charge in [0.1, 0.15) is 0 Å². The molecule has 0 fully saturated rings. The molecule has 0 aliphatic heterocycles. The van der Waals surface area contributed by atoms with Crippen molar-refractivity contribution in [3.63, 3.8) is 0 Å². The molecule has 2 aromatic carbocycles. The third-order valence-corrected chi connectivity index (χ3v) is 3.63. The van der Waals surface area contributed by atoms with Crippen molar-refractivity contribution in [2.24, 2.45) is 0 Å². The highest BCUT2D eigenvalue weighted by atomic mass is 79.9. The molecule has 2 rings (SSSR count). The molecular weight excluding hydrogens is 343 g/mol. The van der Waals surface area contributed by atoms with Gasteiger partial charge in [-0.3, -0.25) is 10.1 Å². The van der Waals surface area contributed by atoms with E-state index in [2.05, 4.69) is 21.2 Å². The Balaban J connectivity index is 2.21. The SMILES string of the molecule is Cc1cc(Br)c(NCc2ccc(O)c(F)c2)cc1[N+](=O)[O-]. The number of nitro benzene ring substituents is 1. The van der Waals surface area contributed by atoms with E-state index in [1.54, 1.807) is 19.1 Å². The van der Waals surface area contributed by atoms with Gasteiger partial charge in [-0.05, 0) is 46.6 Å². The van der Waals surface area contributed by atoms with Gasteiger partial charge in [-0.2, -0.15) is 0 Å². The molecule has 21 heavy (non-hydrogen) atoms. The lowest BCUT2D eigenvalue weighted by atomic mass is 10.1. The number of aryl methyl sites for hydroxylation is 1. The molecule has 0 unspecified atom stereocenters. The monoisotopic (exact) mass is 354 g/mol. The third-order valence-electron chi connectivity index (χ3n) is 2.98. The maximum absolute atomic E-state index is 13.2. The molecule has 5 nitrogen and oxygen atoms in total. The number of anilines is 1. The average molecular weight is 355 g/mol. The van der Waals surface area contributed by atoms with Gasteiger partial charge in [0, 0.05) is 22.6 Å². The van der Waals surface area contributed by atoms with Crippen molar-refractivity contribution < 1.29 is 14.4 Å². The van der Waals surface area contributed by atoms with E-state index >= 15 is 0 Å². The van der Waals surface area contributed by atoms with Crippen LogP contribution in [0.4, 0.5) is 15.8 Å². The Labute approximate surface area is 128 Å². The van der Waals surface area contributed by atoms with Crippen LogP contribution in [0.1, 0.15) is 11.1 Å².